The fourth-order valence-electron chi connectivity index (χ4n) is 4.81. The van der Waals surface area contributed by atoms with Crippen LogP contribution in [0.15, 0.2) is 42.5 Å². The van der Waals surface area contributed by atoms with Gasteiger partial charge in [0.15, 0.2) is 0 Å². The molecule has 0 bridgehead atoms. The number of carbonyl (C=O) groups excluding carboxylic acids is 1. The van der Waals surface area contributed by atoms with E-state index in [0.29, 0.717) is 41.5 Å². The fraction of sp³-hybridized carbons (Fsp3) is 0.500. The molecule has 2 aliphatic heterocycles. The molecule has 0 aliphatic carbocycles. The second-order valence-corrected chi connectivity index (χ2v) is 12.4. The Morgan fingerprint density at radius 2 is 1.66 bits per heavy atom. The van der Waals surface area contributed by atoms with Gasteiger partial charge in [-0.3, -0.25) is 9.69 Å². The molecule has 1 atom stereocenters. The van der Waals surface area contributed by atoms with Gasteiger partial charge in [0, 0.05) is 36.2 Å². The zero-order valence-corrected chi connectivity index (χ0v) is 22.2. The van der Waals surface area contributed by atoms with Gasteiger partial charge < -0.3 is 5.32 Å². The van der Waals surface area contributed by atoms with Crippen LogP contribution in [0.2, 0.25) is 10.0 Å². The Bertz CT molecular complexity index is 1120. The highest BCUT2D eigenvalue weighted by Gasteiger charge is 2.32. The number of benzene rings is 2. The molecule has 9 heteroatoms. The van der Waals surface area contributed by atoms with E-state index in [1.165, 1.54) is 42.2 Å². The number of piperidine rings is 2. The Morgan fingerprint density at radius 1 is 0.943 bits per heavy atom. The molecule has 0 radical (unpaired) electrons. The highest BCUT2D eigenvalue weighted by Crippen LogP contribution is 2.26. The summed E-state index contributed by atoms with van der Waals surface area (Å²) < 4.78 is 27.4. The number of amides is 1. The predicted octanol–water partition coefficient (Wildman–Crippen LogP) is 4.84. The van der Waals surface area contributed by atoms with Gasteiger partial charge in [-0.25, -0.2) is 12.7 Å². The van der Waals surface area contributed by atoms with E-state index in [1.807, 2.05) is 0 Å². The summed E-state index contributed by atoms with van der Waals surface area (Å²) in [7, 11) is -3.60. The quantitative estimate of drug-likeness (QED) is 0.523. The molecule has 6 nitrogen and oxygen atoms in total. The number of hydrogen-bond donors (Lipinski definition) is 1. The van der Waals surface area contributed by atoms with Crippen molar-refractivity contribution < 1.29 is 13.2 Å². The largest absolute Gasteiger partial charge is 0.352 e. The first kappa shape index (κ1) is 26.4. The smallest absolute Gasteiger partial charge is 0.224 e. The van der Waals surface area contributed by atoms with E-state index in [9.17, 15) is 13.2 Å². The summed E-state index contributed by atoms with van der Waals surface area (Å²) >= 11 is 12.1. The van der Waals surface area contributed by atoms with Crippen LogP contribution in [-0.2, 0) is 33.7 Å². The lowest BCUT2D eigenvalue weighted by molar-refractivity contribution is -0.126. The number of likely N-dealkylation sites (tertiary alicyclic amines) is 1. The van der Waals surface area contributed by atoms with Crippen molar-refractivity contribution >= 4 is 39.1 Å². The number of nitrogens with one attached hydrogen (secondary N) is 1. The lowest BCUT2D eigenvalue weighted by Crippen LogP contribution is -2.45. The number of nitrogens with zero attached hydrogens (tertiary/aromatic N) is 2. The Labute approximate surface area is 218 Å². The van der Waals surface area contributed by atoms with Crippen molar-refractivity contribution in [2.75, 3.05) is 26.2 Å². The zero-order valence-electron chi connectivity index (χ0n) is 19.9. The Balaban J connectivity index is 1.28. The van der Waals surface area contributed by atoms with Gasteiger partial charge in [-0.05, 0) is 67.6 Å². The molecule has 0 aromatic heterocycles. The molecule has 0 saturated carbocycles. The lowest BCUT2D eigenvalue weighted by Gasteiger charge is -2.31. The molecular formula is C26H33Cl2N3O3S. The van der Waals surface area contributed by atoms with E-state index in [2.05, 4.69) is 34.5 Å². The molecule has 35 heavy (non-hydrogen) atoms. The molecular weight excluding hydrogens is 505 g/mol. The number of hydrogen-bond acceptors (Lipinski definition) is 4. The molecule has 190 valence electrons. The topological polar surface area (TPSA) is 69.7 Å². The predicted molar refractivity (Wildman–Crippen MR) is 141 cm³/mol. The van der Waals surface area contributed by atoms with Crippen LogP contribution < -0.4 is 5.32 Å². The molecule has 4 rings (SSSR count). The van der Waals surface area contributed by atoms with Crippen LogP contribution in [0.4, 0.5) is 0 Å². The molecule has 0 unspecified atom stereocenters. The van der Waals surface area contributed by atoms with Crippen LogP contribution in [0.3, 0.4) is 0 Å². The Morgan fingerprint density at radius 3 is 2.37 bits per heavy atom. The summed E-state index contributed by atoms with van der Waals surface area (Å²) in [4.78, 5) is 15.3. The number of carbonyl (C=O) groups is 1. The number of halogens is 2. The molecule has 2 fully saturated rings. The van der Waals surface area contributed by atoms with Crippen LogP contribution in [-0.4, -0.2) is 49.7 Å². The van der Waals surface area contributed by atoms with Crippen molar-refractivity contribution in [3.63, 3.8) is 0 Å². The second-order valence-electron chi connectivity index (χ2n) is 9.56. The van der Waals surface area contributed by atoms with Crippen molar-refractivity contribution in [2.24, 2.45) is 5.92 Å². The summed E-state index contributed by atoms with van der Waals surface area (Å²) in [6.07, 6.45) is 5.21. The van der Waals surface area contributed by atoms with Crippen molar-refractivity contribution in [3.8, 4) is 0 Å². The van der Waals surface area contributed by atoms with Gasteiger partial charge in [0.25, 0.3) is 0 Å². The summed E-state index contributed by atoms with van der Waals surface area (Å²) in [5.41, 5.74) is 2.83. The van der Waals surface area contributed by atoms with E-state index in [4.69, 9.17) is 23.2 Å². The standard InChI is InChI=1S/C26H33Cl2N3O3S/c27-24-11-10-23(25(28)15-24)19-35(33,34)31-14-4-5-22(18-31)26(32)29-16-20-6-8-21(9-7-20)17-30-12-2-1-3-13-30/h6-11,15,22H,1-5,12-14,16-19H2,(H,29,32)/t22-/m1/s1. The molecule has 2 aliphatic rings. The fourth-order valence-corrected chi connectivity index (χ4v) is 7.00. The summed E-state index contributed by atoms with van der Waals surface area (Å²) in [5.74, 6) is -0.675. The normalized spacial score (nSPS) is 20.0. The molecule has 2 aromatic carbocycles. The van der Waals surface area contributed by atoms with Gasteiger partial charge >= 0.3 is 0 Å². The van der Waals surface area contributed by atoms with Gasteiger partial charge in [0.05, 0.1) is 11.7 Å². The molecule has 1 amide bonds. The molecule has 2 aromatic rings. The van der Waals surface area contributed by atoms with Crippen LogP contribution >= 0.6 is 23.2 Å². The Hall–Kier alpha value is -1.64. The molecule has 2 heterocycles. The minimum absolute atomic E-state index is 0.105. The van der Waals surface area contributed by atoms with E-state index >= 15 is 0 Å². The van der Waals surface area contributed by atoms with E-state index in [1.54, 1.807) is 18.2 Å². The van der Waals surface area contributed by atoms with Gasteiger partial charge in [-0.1, -0.05) is 60.0 Å². The van der Waals surface area contributed by atoms with Crippen LogP contribution in [0.1, 0.15) is 48.8 Å². The van der Waals surface area contributed by atoms with E-state index < -0.39 is 10.0 Å². The van der Waals surface area contributed by atoms with Gasteiger partial charge in [0.1, 0.15) is 0 Å². The minimum Gasteiger partial charge on any atom is -0.352 e. The third-order valence-electron chi connectivity index (χ3n) is 6.85. The van der Waals surface area contributed by atoms with Crippen LogP contribution in [0, 0.1) is 5.92 Å². The lowest BCUT2D eigenvalue weighted by atomic mass is 9.98. The highest BCUT2D eigenvalue weighted by molar-refractivity contribution is 7.88. The van der Waals surface area contributed by atoms with Crippen molar-refractivity contribution in [3.05, 3.63) is 69.2 Å². The molecule has 2 saturated heterocycles. The maximum atomic E-state index is 13.0. The van der Waals surface area contributed by atoms with Crippen LogP contribution in [0.25, 0.3) is 0 Å². The first-order valence-corrected chi connectivity index (χ1v) is 14.7. The summed E-state index contributed by atoms with van der Waals surface area (Å²) in [6.45, 7) is 4.34. The zero-order chi connectivity index (χ0) is 24.8. The highest BCUT2D eigenvalue weighted by atomic mass is 35.5. The average Bonchev–Trinajstić information content (AvgIpc) is 2.86. The summed E-state index contributed by atoms with van der Waals surface area (Å²) in [5, 5.41) is 3.79. The van der Waals surface area contributed by atoms with Crippen molar-refractivity contribution in [2.45, 2.75) is 50.9 Å². The monoisotopic (exact) mass is 537 g/mol. The third kappa shape index (κ3) is 7.43. The third-order valence-corrected chi connectivity index (χ3v) is 9.23. The maximum absolute atomic E-state index is 13.0. The van der Waals surface area contributed by atoms with Gasteiger partial charge in [0.2, 0.25) is 15.9 Å². The Kier molecular flexibility index (Phi) is 9.11. The second kappa shape index (κ2) is 12.1. The first-order valence-electron chi connectivity index (χ1n) is 12.3. The number of rotatable bonds is 8. The van der Waals surface area contributed by atoms with Gasteiger partial charge in [-0.2, -0.15) is 0 Å². The molecule has 0 spiro atoms. The minimum atomic E-state index is -3.60. The van der Waals surface area contributed by atoms with Crippen molar-refractivity contribution in [1.29, 1.82) is 0 Å². The van der Waals surface area contributed by atoms with Gasteiger partial charge in [-0.15, -0.1) is 0 Å². The van der Waals surface area contributed by atoms with E-state index in [0.717, 1.165) is 12.1 Å². The summed E-state index contributed by atoms with van der Waals surface area (Å²) in [6, 6.07) is 13.2. The van der Waals surface area contributed by atoms with E-state index in [-0.39, 0.29) is 24.1 Å². The molecule has 1 N–H and O–H groups in total. The van der Waals surface area contributed by atoms with Crippen molar-refractivity contribution in [1.82, 2.24) is 14.5 Å². The SMILES string of the molecule is O=C(NCc1ccc(CN2CCCCC2)cc1)[C@@H]1CCCN(S(=O)(=O)Cc2ccc(Cl)cc2Cl)C1. The van der Waals surface area contributed by atoms with Crippen LogP contribution in [0.5, 0.6) is 0 Å². The first-order chi connectivity index (χ1) is 16.8. The number of sulfonamides is 1. The average molecular weight is 539 g/mol. The maximum Gasteiger partial charge on any atom is 0.224 e.